The molecule has 1 unspecified atom stereocenters. The van der Waals surface area contributed by atoms with Gasteiger partial charge >= 0.3 is 0 Å². The predicted octanol–water partition coefficient (Wildman–Crippen LogP) is 0.165. The Morgan fingerprint density at radius 2 is 1.67 bits per heavy atom. The van der Waals surface area contributed by atoms with Crippen LogP contribution in [-0.4, -0.2) is 29.6 Å². The predicted molar refractivity (Wildman–Crippen MR) is 66.4 cm³/mol. The van der Waals surface area contributed by atoms with E-state index in [9.17, 15) is 14.7 Å². The van der Waals surface area contributed by atoms with Crippen molar-refractivity contribution in [1.29, 1.82) is 0 Å². The second-order valence-electron chi connectivity index (χ2n) is 5.57. The second-order valence-corrected chi connectivity index (χ2v) is 5.57. The second kappa shape index (κ2) is 5.69. The molecule has 2 fully saturated rings. The van der Waals surface area contributed by atoms with Crippen LogP contribution < -0.4 is 11.1 Å². The number of hydrogen-bond acceptors (Lipinski definition) is 3. The van der Waals surface area contributed by atoms with Crippen molar-refractivity contribution >= 4 is 11.8 Å². The molecule has 2 saturated carbocycles. The van der Waals surface area contributed by atoms with E-state index in [0.29, 0.717) is 11.8 Å². The van der Waals surface area contributed by atoms with Crippen molar-refractivity contribution in [2.45, 2.75) is 44.6 Å². The van der Waals surface area contributed by atoms with Crippen molar-refractivity contribution in [1.82, 2.24) is 5.32 Å². The van der Waals surface area contributed by atoms with Crippen LogP contribution in [0.1, 0.15) is 38.5 Å². The molecule has 0 radical (unpaired) electrons. The minimum Gasteiger partial charge on any atom is -0.381 e. The molecule has 5 heteroatoms. The zero-order chi connectivity index (χ0) is 13.1. The van der Waals surface area contributed by atoms with E-state index < -0.39 is 12.0 Å². The Morgan fingerprint density at radius 1 is 1.17 bits per heavy atom. The van der Waals surface area contributed by atoms with Crippen LogP contribution in [0.3, 0.4) is 0 Å². The van der Waals surface area contributed by atoms with Gasteiger partial charge < -0.3 is 16.2 Å². The van der Waals surface area contributed by atoms with Gasteiger partial charge in [0.1, 0.15) is 6.10 Å². The van der Waals surface area contributed by atoms with Gasteiger partial charge in [0, 0.05) is 5.92 Å². The summed E-state index contributed by atoms with van der Waals surface area (Å²) in [7, 11) is 0. The van der Waals surface area contributed by atoms with E-state index in [-0.39, 0.29) is 18.4 Å². The van der Waals surface area contributed by atoms with Gasteiger partial charge in [-0.25, -0.2) is 0 Å². The van der Waals surface area contributed by atoms with Gasteiger partial charge in [-0.3, -0.25) is 9.59 Å². The smallest absolute Gasteiger partial charge is 0.248 e. The summed E-state index contributed by atoms with van der Waals surface area (Å²) in [5.74, 6) is 0.276. The monoisotopic (exact) mass is 254 g/mol. The van der Waals surface area contributed by atoms with Gasteiger partial charge in [-0.15, -0.1) is 0 Å². The summed E-state index contributed by atoms with van der Waals surface area (Å²) in [5.41, 5.74) is 4.95. The van der Waals surface area contributed by atoms with Crippen LogP contribution in [0, 0.1) is 17.8 Å². The molecule has 4 N–H and O–H groups in total. The highest BCUT2D eigenvalue weighted by Gasteiger charge is 2.40. The molecule has 0 bridgehead atoms. The summed E-state index contributed by atoms with van der Waals surface area (Å²) < 4.78 is 0. The lowest BCUT2D eigenvalue weighted by atomic mass is 9.64. The summed E-state index contributed by atoms with van der Waals surface area (Å²) in [5, 5.41) is 12.0. The lowest BCUT2D eigenvalue weighted by molar-refractivity contribution is -0.133. The molecule has 0 heterocycles. The van der Waals surface area contributed by atoms with Crippen LogP contribution in [0.25, 0.3) is 0 Å². The van der Waals surface area contributed by atoms with Crippen molar-refractivity contribution in [3.8, 4) is 0 Å². The summed E-state index contributed by atoms with van der Waals surface area (Å²) in [6, 6.07) is 0. The molecule has 2 aliphatic rings. The van der Waals surface area contributed by atoms with E-state index in [1.165, 1.54) is 12.8 Å². The number of aliphatic hydroxyl groups is 1. The van der Waals surface area contributed by atoms with Crippen LogP contribution in [-0.2, 0) is 9.59 Å². The standard InChI is InChI=1S/C13H22N2O3/c14-12(17)10(16)7-15-13(18)11(8-3-1-4-8)9-5-2-6-9/h8-11,16H,1-7H2,(H2,14,17)(H,15,18). The number of hydrogen-bond donors (Lipinski definition) is 3. The van der Waals surface area contributed by atoms with Crippen molar-refractivity contribution < 1.29 is 14.7 Å². The number of carbonyl (C=O) groups is 2. The maximum atomic E-state index is 12.2. The van der Waals surface area contributed by atoms with Crippen LogP contribution in [0.15, 0.2) is 0 Å². The first-order valence-corrected chi connectivity index (χ1v) is 6.84. The molecule has 0 aromatic heterocycles. The Kier molecular flexibility index (Phi) is 4.22. The van der Waals surface area contributed by atoms with Crippen molar-refractivity contribution in [2.24, 2.45) is 23.5 Å². The van der Waals surface area contributed by atoms with E-state index >= 15 is 0 Å². The Labute approximate surface area is 107 Å². The highest BCUT2D eigenvalue weighted by molar-refractivity contribution is 5.82. The van der Waals surface area contributed by atoms with Gasteiger partial charge in [0.25, 0.3) is 0 Å². The molecule has 2 aliphatic carbocycles. The fourth-order valence-corrected chi connectivity index (χ4v) is 2.83. The van der Waals surface area contributed by atoms with E-state index in [0.717, 1.165) is 25.7 Å². The van der Waals surface area contributed by atoms with Crippen molar-refractivity contribution in [3.63, 3.8) is 0 Å². The molecule has 0 aromatic rings. The fraction of sp³-hybridized carbons (Fsp3) is 0.846. The maximum absolute atomic E-state index is 12.2. The molecule has 2 rings (SSSR count). The largest absolute Gasteiger partial charge is 0.381 e. The molecular weight excluding hydrogens is 232 g/mol. The molecule has 0 spiro atoms. The van der Waals surface area contributed by atoms with Crippen LogP contribution >= 0.6 is 0 Å². The zero-order valence-corrected chi connectivity index (χ0v) is 10.6. The highest BCUT2D eigenvalue weighted by atomic mass is 16.3. The first-order valence-electron chi connectivity index (χ1n) is 6.84. The Morgan fingerprint density at radius 3 is 2.00 bits per heavy atom. The van der Waals surface area contributed by atoms with Crippen LogP contribution in [0.5, 0.6) is 0 Å². The number of aliphatic hydroxyl groups excluding tert-OH is 1. The SMILES string of the molecule is NC(=O)C(O)CNC(=O)C(C1CCC1)C1CCC1. The minimum absolute atomic E-state index is 0.00954. The lowest BCUT2D eigenvalue weighted by Crippen LogP contribution is -2.47. The van der Waals surface area contributed by atoms with Gasteiger partial charge in [-0.2, -0.15) is 0 Å². The molecule has 2 amide bonds. The normalized spacial score (nSPS) is 22.1. The third-order valence-electron chi connectivity index (χ3n) is 4.42. The average molecular weight is 254 g/mol. The fourth-order valence-electron chi connectivity index (χ4n) is 2.83. The van der Waals surface area contributed by atoms with E-state index in [1.54, 1.807) is 0 Å². The van der Waals surface area contributed by atoms with E-state index in [4.69, 9.17) is 5.73 Å². The summed E-state index contributed by atoms with van der Waals surface area (Å²) in [6.45, 7) is -0.0654. The van der Waals surface area contributed by atoms with Crippen molar-refractivity contribution in [2.75, 3.05) is 6.54 Å². The molecule has 102 valence electrons. The average Bonchev–Trinajstić information content (AvgIpc) is 2.19. The van der Waals surface area contributed by atoms with Crippen LogP contribution in [0.2, 0.25) is 0 Å². The molecule has 18 heavy (non-hydrogen) atoms. The molecular formula is C13H22N2O3. The molecule has 5 nitrogen and oxygen atoms in total. The number of amides is 2. The number of primary amides is 1. The van der Waals surface area contributed by atoms with Crippen LogP contribution in [0.4, 0.5) is 0 Å². The van der Waals surface area contributed by atoms with Gasteiger partial charge in [0.2, 0.25) is 11.8 Å². The Balaban J connectivity index is 1.85. The first-order chi connectivity index (χ1) is 8.59. The van der Waals surface area contributed by atoms with E-state index in [1.807, 2.05) is 0 Å². The molecule has 1 atom stereocenters. The number of rotatable bonds is 6. The first kappa shape index (κ1) is 13.3. The van der Waals surface area contributed by atoms with E-state index in [2.05, 4.69) is 5.32 Å². The lowest BCUT2D eigenvalue weighted by Gasteiger charge is -2.41. The summed E-state index contributed by atoms with van der Waals surface area (Å²) in [6.07, 6.45) is 5.67. The molecule has 0 aliphatic heterocycles. The third kappa shape index (κ3) is 2.83. The highest BCUT2D eigenvalue weighted by Crippen LogP contribution is 2.44. The third-order valence-corrected chi connectivity index (χ3v) is 4.42. The summed E-state index contributed by atoms with van der Waals surface area (Å²) in [4.78, 5) is 22.9. The number of nitrogens with two attached hydrogens (primary N) is 1. The number of nitrogens with one attached hydrogen (secondary N) is 1. The van der Waals surface area contributed by atoms with Gasteiger partial charge in [0.15, 0.2) is 0 Å². The maximum Gasteiger partial charge on any atom is 0.248 e. The minimum atomic E-state index is -1.28. The van der Waals surface area contributed by atoms with Gasteiger partial charge in [-0.05, 0) is 37.5 Å². The zero-order valence-electron chi connectivity index (χ0n) is 10.6. The Bertz CT molecular complexity index is 310. The topological polar surface area (TPSA) is 92.4 Å². The van der Waals surface area contributed by atoms with Gasteiger partial charge in [0.05, 0.1) is 6.54 Å². The van der Waals surface area contributed by atoms with Gasteiger partial charge in [-0.1, -0.05) is 12.8 Å². The quantitative estimate of drug-likeness (QED) is 0.630. The molecule has 0 aromatic carbocycles. The number of carbonyl (C=O) groups excluding carboxylic acids is 2. The Hall–Kier alpha value is -1.10. The molecule has 0 saturated heterocycles. The summed E-state index contributed by atoms with van der Waals surface area (Å²) >= 11 is 0. The van der Waals surface area contributed by atoms with Crippen molar-refractivity contribution in [3.05, 3.63) is 0 Å².